The Bertz CT molecular complexity index is 231. The average Bonchev–Trinajstić information content (AvgIpc) is 2.62. The van der Waals surface area contributed by atoms with E-state index in [1.807, 2.05) is 0 Å². The minimum atomic E-state index is -0.0602. The lowest BCUT2D eigenvalue weighted by Crippen LogP contribution is -2.29. The van der Waals surface area contributed by atoms with Gasteiger partial charge in [0.25, 0.3) is 0 Å². The first-order chi connectivity index (χ1) is 7.65. The Kier molecular flexibility index (Phi) is 5.46. The van der Waals surface area contributed by atoms with Gasteiger partial charge in [0.05, 0.1) is 0 Å². The Morgan fingerprint density at radius 3 is 1.75 bits per heavy atom. The first-order valence-electron chi connectivity index (χ1n) is 6.17. The standard InChI is InChI=1S/C7H15N.C5H7NO2/c1-2-8-6-4-3-5-7-8;1-6-4(7)2-3-5(6)8/h2-7H2,1H3;2-3H2,1H3. The van der Waals surface area contributed by atoms with Crippen LogP contribution in [0, 0.1) is 0 Å². The van der Waals surface area contributed by atoms with Crippen LogP contribution in [0.2, 0.25) is 0 Å². The molecule has 0 aromatic rings. The van der Waals surface area contributed by atoms with Gasteiger partial charge in [-0.25, -0.2) is 0 Å². The topological polar surface area (TPSA) is 40.6 Å². The minimum absolute atomic E-state index is 0.0602. The summed E-state index contributed by atoms with van der Waals surface area (Å²) < 4.78 is 0. The molecule has 2 amide bonds. The van der Waals surface area contributed by atoms with Crippen molar-refractivity contribution in [3.8, 4) is 0 Å². The summed E-state index contributed by atoms with van der Waals surface area (Å²) in [5.74, 6) is -0.120. The van der Waals surface area contributed by atoms with Crippen molar-refractivity contribution in [2.24, 2.45) is 0 Å². The van der Waals surface area contributed by atoms with Crippen molar-refractivity contribution in [3.05, 3.63) is 0 Å². The highest BCUT2D eigenvalue weighted by Gasteiger charge is 2.24. The zero-order valence-corrected chi connectivity index (χ0v) is 10.4. The molecule has 4 heteroatoms. The van der Waals surface area contributed by atoms with Gasteiger partial charge in [0.1, 0.15) is 0 Å². The fourth-order valence-electron chi connectivity index (χ4n) is 1.96. The fraction of sp³-hybridized carbons (Fsp3) is 0.833. The number of likely N-dealkylation sites (tertiary alicyclic amines) is 2. The predicted molar refractivity (Wildman–Crippen MR) is 63.0 cm³/mol. The Morgan fingerprint density at radius 1 is 1.00 bits per heavy atom. The molecule has 2 aliphatic heterocycles. The molecule has 0 radical (unpaired) electrons. The molecule has 0 saturated carbocycles. The summed E-state index contributed by atoms with van der Waals surface area (Å²) in [7, 11) is 1.51. The van der Waals surface area contributed by atoms with Gasteiger partial charge in [-0.1, -0.05) is 13.3 Å². The minimum Gasteiger partial charge on any atom is -0.304 e. The molecule has 0 N–H and O–H groups in total. The maximum atomic E-state index is 10.5. The summed E-state index contributed by atoms with van der Waals surface area (Å²) in [5.41, 5.74) is 0. The lowest BCUT2D eigenvalue weighted by atomic mass is 10.1. The predicted octanol–water partition coefficient (Wildman–Crippen LogP) is 1.26. The highest BCUT2D eigenvalue weighted by molar-refractivity contribution is 6.01. The van der Waals surface area contributed by atoms with Gasteiger partial charge in [0.15, 0.2) is 0 Å². The van der Waals surface area contributed by atoms with E-state index in [-0.39, 0.29) is 11.8 Å². The van der Waals surface area contributed by atoms with Crippen LogP contribution < -0.4 is 0 Å². The molecular weight excluding hydrogens is 204 g/mol. The smallest absolute Gasteiger partial charge is 0.229 e. The molecule has 0 spiro atoms. The SMILES string of the molecule is CCN1CCCCC1.CN1C(=O)CCC1=O. The average molecular weight is 226 g/mol. The first-order valence-corrected chi connectivity index (χ1v) is 6.17. The van der Waals surface area contributed by atoms with Crippen molar-refractivity contribution < 1.29 is 9.59 Å². The van der Waals surface area contributed by atoms with Crippen molar-refractivity contribution >= 4 is 11.8 Å². The van der Waals surface area contributed by atoms with Crippen LogP contribution in [-0.2, 0) is 9.59 Å². The van der Waals surface area contributed by atoms with Crippen LogP contribution >= 0.6 is 0 Å². The van der Waals surface area contributed by atoms with Crippen molar-refractivity contribution in [1.82, 2.24) is 9.80 Å². The first kappa shape index (κ1) is 13.2. The molecule has 0 bridgehead atoms. The molecule has 2 rings (SSSR count). The normalized spacial score (nSPS) is 22.0. The van der Waals surface area contributed by atoms with Gasteiger partial charge >= 0.3 is 0 Å². The summed E-state index contributed by atoms with van der Waals surface area (Å²) in [6.45, 7) is 6.18. The van der Waals surface area contributed by atoms with Gasteiger partial charge in [-0.3, -0.25) is 14.5 Å². The van der Waals surface area contributed by atoms with Crippen LogP contribution in [0.3, 0.4) is 0 Å². The molecule has 0 atom stereocenters. The van der Waals surface area contributed by atoms with Gasteiger partial charge in [-0.2, -0.15) is 0 Å². The van der Waals surface area contributed by atoms with E-state index < -0.39 is 0 Å². The van der Waals surface area contributed by atoms with Crippen LogP contribution in [0.15, 0.2) is 0 Å². The van der Waals surface area contributed by atoms with E-state index in [2.05, 4.69) is 11.8 Å². The van der Waals surface area contributed by atoms with E-state index >= 15 is 0 Å². The molecule has 2 fully saturated rings. The fourth-order valence-corrected chi connectivity index (χ4v) is 1.96. The maximum Gasteiger partial charge on any atom is 0.229 e. The number of hydrogen-bond donors (Lipinski definition) is 0. The van der Waals surface area contributed by atoms with E-state index in [1.165, 1.54) is 50.8 Å². The third kappa shape index (κ3) is 3.93. The second kappa shape index (κ2) is 6.63. The molecule has 4 nitrogen and oxygen atoms in total. The van der Waals surface area contributed by atoms with Crippen molar-refractivity contribution in [3.63, 3.8) is 0 Å². The number of hydrogen-bond acceptors (Lipinski definition) is 3. The summed E-state index contributed by atoms with van der Waals surface area (Å²) in [6.07, 6.45) is 5.10. The largest absolute Gasteiger partial charge is 0.304 e. The molecule has 92 valence electrons. The van der Waals surface area contributed by atoms with Crippen molar-refractivity contribution in [2.45, 2.75) is 39.0 Å². The van der Waals surface area contributed by atoms with Crippen LogP contribution in [0.4, 0.5) is 0 Å². The third-order valence-corrected chi connectivity index (χ3v) is 3.20. The van der Waals surface area contributed by atoms with E-state index in [1.54, 1.807) is 0 Å². The number of rotatable bonds is 1. The monoisotopic (exact) mass is 226 g/mol. The van der Waals surface area contributed by atoms with Crippen LogP contribution in [0.5, 0.6) is 0 Å². The van der Waals surface area contributed by atoms with E-state index in [9.17, 15) is 9.59 Å². The number of amides is 2. The Morgan fingerprint density at radius 2 is 1.50 bits per heavy atom. The second-order valence-corrected chi connectivity index (χ2v) is 4.34. The van der Waals surface area contributed by atoms with Gasteiger partial charge in [-0.15, -0.1) is 0 Å². The van der Waals surface area contributed by atoms with Gasteiger partial charge in [0, 0.05) is 19.9 Å². The molecule has 0 unspecified atom stereocenters. The van der Waals surface area contributed by atoms with Crippen LogP contribution in [0.1, 0.15) is 39.0 Å². The number of carbonyl (C=O) groups excluding carboxylic acids is 2. The molecule has 0 aromatic carbocycles. The van der Waals surface area contributed by atoms with Gasteiger partial charge < -0.3 is 4.90 Å². The quantitative estimate of drug-likeness (QED) is 0.632. The second-order valence-electron chi connectivity index (χ2n) is 4.34. The summed E-state index contributed by atoms with van der Waals surface area (Å²) in [5, 5.41) is 0. The molecule has 0 aromatic heterocycles. The maximum absolute atomic E-state index is 10.5. The molecule has 16 heavy (non-hydrogen) atoms. The molecule has 2 heterocycles. The lowest BCUT2D eigenvalue weighted by molar-refractivity contribution is -0.136. The van der Waals surface area contributed by atoms with Crippen molar-refractivity contribution in [2.75, 3.05) is 26.7 Å². The van der Waals surface area contributed by atoms with Gasteiger partial charge in [-0.05, 0) is 32.5 Å². The zero-order chi connectivity index (χ0) is 12.0. The lowest BCUT2D eigenvalue weighted by Gasteiger charge is -2.24. The molecule has 0 aliphatic carbocycles. The summed E-state index contributed by atoms with van der Waals surface area (Å²) >= 11 is 0. The number of nitrogens with zero attached hydrogens (tertiary/aromatic N) is 2. The van der Waals surface area contributed by atoms with E-state index in [4.69, 9.17) is 0 Å². The molecule has 2 saturated heterocycles. The highest BCUT2D eigenvalue weighted by atomic mass is 16.2. The van der Waals surface area contributed by atoms with Crippen LogP contribution in [-0.4, -0.2) is 48.3 Å². The zero-order valence-electron chi connectivity index (χ0n) is 10.4. The number of carbonyl (C=O) groups is 2. The Hall–Kier alpha value is -0.900. The molecular formula is C12H22N2O2. The van der Waals surface area contributed by atoms with Crippen molar-refractivity contribution in [1.29, 1.82) is 0 Å². The Labute approximate surface area is 97.6 Å². The summed E-state index contributed by atoms with van der Waals surface area (Å²) in [6, 6.07) is 0. The summed E-state index contributed by atoms with van der Waals surface area (Å²) in [4.78, 5) is 24.7. The molecule has 2 aliphatic rings. The number of imide groups is 1. The van der Waals surface area contributed by atoms with E-state index in [0.717, 1.165) is 0 Å². The third-order valence-electron chi connectivity index (χ3n) is 3.20. The van der Waals surface area contributed by atoms with Gasteiger partial charge in [0.2, 0.25) is 11.8 Å². The number of piperidine rings is 1. The highest BCUT2D eigenvalue weighted by Crippen LogP contribution is 2.07. The van der Waals surface area contributed by atoms with E-state index in [0.29, 0.717) is 12.8 Å². The Balaban J connectivity index is 0.000000160. The van der Waals surface area contributed by atoms with Crippen LogP contribution in [0.25, 0.3) is 0 Å².